The summed E-state index contributed by atoms with van der Waals surface area (Å²) < 4.78 is 50.2. The average molecular weight is 613 g/mol. The van der Waals surface area contributed by atoms with Crippen LogP contribution in [-0.4, -0.2) is 31.0 Å². The van der Waals surface area contributed by atoms with E-state index in [0.717, 1.165) is 29.1 Å². The minimum atomic E-state index is -5.04. The minimum absolute atomic E-state index is 0.0705. The lowest BCUT2D eigenvalue weighted by molar-refractivity contribution is -0.249. The summed E-state index contributed by atoms with van der Waals surface area (Å²) >= 11 is 1.33. The lowest BCUT2D eigenvalue weighted by Crippen LogP contribution is -2.43. The maximum absolute atomic E-state index is 14.9. The van der Waals surface area contributed by atoms with Crippen molar-refractivity contribution in [3.05, 3.63) is 116 Å². The molecule has 3 aromatic rings. The summed E-state index contributed by atoms with van der Waals surface area (Å²) in [7, 11) is 0. The molecular formula is C34H27F3N4O2S. The Morgan fingerprint density at radius 2 is 1.55 bits per heavy atom. The van der Waals surface area contributed by atoms with E-state index in [9.17, 15) is 34.1 Å². The van der Waals surface area contributed by atoms with Gasteiger partial charge >= 0.3 is 6.18 Å². The van der Waals surface area contributed by atoms with Crippen molar-refractivity contribution in [1.29, 1.82) is 15.8 Å². The largest absolute Gasteiger partial charge is 0.465 e. The molecule has 0 fully saturated rings. The van der Waals surface area contributed by atoms with E-state index in [4.69, 9.17) is 4.74 Å². The van der Waals surface area contributed by atoms with Crippen LogP contribution in [0.1, 0.15) is 34.2 Å². The van der Waals surface area contributed by atoms with Gasteiger partial charge in [-0.05, 0) is 48.4 Å². The van der Waals surface area contributed by atoms with Gasteiger partial charge in [-0.25, -0.2) is 0 Å². The van der Waals surface area contributed by atoms with Crippen LogP contribution < -0.4 is 4.90 Å². The lowest BCUT2D eigenvalue weighted by Gasteiger charge is -2.33. The Bertz CT molecular complexity index is 1710. The first kappa shape index (κ1) is 31.8. The van der Waals surface area contributed by atoms with Crippen molar-refractivity contribution in [3.63, 3.8) is 0 Å². The van der Waals surface area contributed by atoms with Crippen LogP contribution in [0, 0.1) is 34.0 Å². The number of ether oxygens (including phenoxy) is 1. The molecule has 0 spiro atoms. The fourth-order valence-electron chi connectivity index (χ4n) is 4.88. The molecular weight excluding hydrogens is 585 g/mol. The topological polar surface area (TPSA) is 104 Å². The van der Waals surface area contributed by atoms with E-state index in [-0.39, 0.29) is 12.2 Å². The Morgan fingerprint density at radius 1 is 0.909 bits per heavy atom. The van der Waals surface area contributed by atoms with E-state index in [0.29, 0.717) is 11.4 Å². The molecule has 1 unspecified atom stereocenters. The first-order valence-corrected chi connectivity index (χ1v) is 14.5. The maximum atomic E-state index is 14.9. The molecule has 2 heterocycles. The predicted molar refractivity (Wildman–Crippen MR) is 164 cm³/mol. The molecule has 44 heavy (non-hydrogen) atoms. The van der Waals surface area contributed by atoms with Crippen LogP contribution in [0.5, 0.6) is 0 Å². The second-order valence-electron chi connectivity index (χ2n) is 9.68. The highest BCUT2D eigenvalue weighted by Gasteiger charge is 2.65. The number of halogens is 3. The zero-order valence-corrected chi connectivity index (χ0v) is 24.5. The van der Waals surface area contributed by atoms with Crippen LogP contribution in [-0.2, 0) is 10.3 Å². The highest BCUT2D eigenvalue weighted by molar-refractivity contribution is 7.13. The molecule has 0 radical (unpaired) electrons. The minimum Gasteiger partial charge on any atom is -0.465 e. The molecule has 0 saturated heterocycles. The summed E-state index contributed by atoms with van der Waals surface area (Å²) in [5, 5.41) is 38.0. The van der Waals surface area contributed by atoms with Crippen LogP contribution in [0.2, 0.25) is 0 Å². The maximum Gasteiger partial charge on any atom is 0.437 e. The number of allylic oxidation sites excluding steroid dienone is 2. The number of hydrogen-bond acceptors (Lipinski definition) is 7. The second-order valence-corrected chi connectivity index (χ2v) is 10.8. The van der Waals surface area contributed by atoms with E-state index < -0.39 is 34.3 Å². The Hall–Kier alpha value is -5.08. The molecule has 6 nitrogen and oxygen atoms in total. The number of aliphatic hydroxyl groups excluding tert-OH is 1. The van der Waals surface area contributed by atoms with Gasteiger partial charge in [0.2, 0.25) is 0 Å². The number of aliphatic hydroxyl groups is 1. The van der Waals surface area contributed by atoms with Crippen molar-refractivity contribution < 1.29 is 23.0 Å². The van der Waals surface area contributed by atoms with Crippen molar-refractivity contribution in [3.8, 4) is 18.2 Å². The van der Waals surface area contributed by atoms with Gasteiger partial charge in [-0.3, -0.25) is 0 Å². The lowest BCUT2D eigenvalue weighted by atomic mass is 9.84. The summed E-state index contributed by atoms with van der Waals surface area (Å²) in [6, 6.07) is 23.1. The molecule has 1 aromatic heterocycles. The number of alkyl halides is 3. The Labute approximate surface area is 257 Å². The first-order chi connectivity index (χ1) is 21.2. The fraction of sp³-hybridized carbons (Fsp3) is 0.206. The van der Waals surface area contributed by atoms with E-state index in [2.05, 4.69) is 11.8 Å². The van der Waals surface area contributed by atoms with Crippen molar-refractivity contribution in [1.82, 2.24) is 0 Å². The van der Waals surface area contributed by atoms with Gasteiger partial charge < -0.3 is 14.7 Å². The number of rotatable bonds is 10. The Morgan fingerprint density at radius 3 is 2.09 bits per heavy atom. The van der Waals surface area contributed by atoms with Crippen LogP contribution in [0.4, 0.5) is 18.9 Å². The van der Waals surface area contributed by atoms with Crippen molar-refractivity contribution >= 4 is 35.3 Å². The van der Waals surface area contributed by atoms with Gasteiger partial charge in [0, 0.05) is 39.7 Å². The van der Waals surface area contributed by atoms with Crippen LogP contribution in [0.15, 0.2) is 95.3 Å². The molecule has 1 aliphatic heterocycles. The zero-order valence-electron chi connectivity index (χ0n) is 23.7. The van der Waals surface area contributed by atoms with Gasteiger partial charge in [0.05, 0.1) is 6.61 Å². The molecule has 0 amide bonds. The molecule has 1 N–H and O–H groups in total. The summed E-state index contributed by atoms with van der Waals surface area (Å²) in [5.41, 5.74) is -3.19. The van der Waals surface area contributed by atoms with E-state index >= 15 is 0 Å². The van der Waals surface area contributed by atoms with Gasteiger partial charge in [0.15, 0.2) is 11.3 Å². The molecule has 2 aromatic carbocycles. The zero-order chi connectivity index (χ0) is 31.7. The third-order valence-corrected chi connectivity index (χ3v) is 7.91. The monoisotopic (exact) mass is 612 g/mol. The first-order valence-electron chi connectivity index (χ1n) is 13.6. The molecule has 0 bridgehead atoms. The highest BCUT2D eigenvalue weighted by Crippen LogP contribution is 2.56. The van der Waals surface area contributed by atoms with Crippen molar-refractivity contribution in [2.24, 2.45) is 0 Å². The third kappa shape index (κ3) is 6.45. The smallest absolute Gasteiger partial charge is 0.437 e. The molecule has 4 rings (SSSR count). The van der Waals surface area contributed by atoms with Gasteiger partial charge in [-0.2, -0.15) is 29.0 Å². The van der Waals surface area contributed by atoms with Crippen LogP contribution >= 0.6 is 11.3 Å². The number of nitriles is 3. The van der Waals surface area contributed by atoms with E-state index in [1.165, 1.54) is 47.8 Å². The SMILES string of the molecule is CCCN(CCO)c1ccc(/C=C/c2ccc(/C=C/C3=C(C#N)C(=C(C#N)C#N)OC3(c3ccccc3)C(F)(F)F)s2)cc1. The van der Waals surface area contributed by atoms with Gasteiger partial charge in [-0.1, -0.05) is 61.5 Å². The van der Waals surface area contributed by atoms with Crippen LogP contribution in [0.25, 0.3) is 18.2 Å². The predicted octanol–water partition coefficient (Wildman–Crippen LogP) is 7.75. The number of hydrogen-bond donors (Lipinski definition) is 1. The fourth-order valence-corrected chi connectivity index (χ4v) is 5.70. The average Bonchev–Trinajstić information content (AvgIpc) is 3.63. The standard InChI is InChI=1S/C34H27F3N4O2S/c1-2-18-41(19-20-42)27-11-8-24(9-12-27)10-13-28-14-15-29(44-28)16-17-31-30(23-40)32(25(21-38)22-39)43-33(31,34(35,36)37)26-6-4-3-5-7-26/h3-17,42H,2,18-20H2,1H3/b13-10+,17-16+. The van der Waals surface area contributed by atoms with E-state index in [1.807, 2.05) is 42.5 Å². The normalized spacial score (nSPS) is 16.5. The Kier molecular flexibility index (Phi) is 10.1. The highest BCUT2D eigenvalue weighted by atomic mass is 32.1. The molecule has 0 saturated carbocycles. The van der Waals surface area contributed by atoms with E-state index in [1.54, 1.807) is 30.3 Å². The van der Waals surface area contributed by atoms with Crippen molar-refractivity contribution in [2.75, 3.05) is 24.6 Å². The summed E-state index contributed by atoms with van der Waals surface area (Å²) in [4.78, 5) is 3.58. The molecule has 1 aliphatic rings. The van der Waals surface area contributed by atoms with Crippen molar-refractivity contribution in [2.45, 2.75) is 25.1 Å². The number of thiophene rings is 1. The molecule has 0 aliphatic carbocycles. The number of nitrogens with zero attached hydrogens (tertiary/aromatic N) is 4. The van der Waals surface area contributed by atoms with Gasteiger partial charge in [-0.15, -0.1) is 11.3 Å². The number of anilines is 1. The van der Waals surface area contributed by atoms with Crippen LogP contribution in [0.3, 0.4) is 0 Å². The summed E-state index contributed by atoms with van der Waals surface area (Å²) in [5.74, 6) is -0.701. The number of benzene rings is 2. The summed E-state index contributed by atoms with van der Waals surface area (Å²) in [6.45, 7) is 3.54. The Balaban J connectivity index is 1.68. The van der Waals surface area contributed by atoms with Gasteiger partial charge in [0.25, 0.3) is 5.60 Å². The molecule has 10 heteroatoms. The van der Waals surface area contributed by atoms with Gasteiger partial charge in [0.1, 0.15) is 23.8 Å². The third-order valence-electron chi connectivity index (χ3n) is 6.90. The molecule has 222 valence electrons. The summed E-state index contributed by atoms with van der Waals surface area (Å²) in [6.07, 6.45) is 2.36. The molecule has 1 atom stereocenters. The second kappa shape index (κ2) is 13.9. The quantitative estimate of drug-likeness (QED) is 0.235.